The molecular formula is C11H17NO4. The fourth-order valence-corrected chi connectivity index (χ4v) is 2.38. The summed E-state index contributed by atoms with van der Waals surface area (Å²) >= 11 is 0. The van der Waals surface area contributed by atoms with Gasteiger partial charge in [-0.25, -0.2) is 0 Å². The van der Waals surface area contributed by atoms with E-state index in [-0.39, 0.29) is 18.4 Å². The molecule has 5 heteroatoms. The Balaban J connectivity index is 2.26. The van der Waals surface area contributed by atoms with Crippen LogP contribution in [-0.2, 0) is 14.3 Å². The number of imide groups is 1. The van der Waals surface area contributed by atoms with Gasteiger partial charge in [-0.05, 0) is 33.1 Å². The number of ether oxygens (including phenoxy) is 1. The number of aliphatic hydroxyl groups is 1. The van der Waals surface area contributed by atoms with E-state index in [0.717, 1.165) is 0 Å². The molecule has 1 N–H and O–H groups in total. The second-order valence-electron chi connectivity index (χ2n) is 4.99. The molecule has 2 saturated heterocycles. The molecule has 0 spiro atoms. The van der Waals surface area contributed by atoms with Gasteiger partial charge >= 0.3 is 0 Å². The van der Waals surface area contributed by atoms with Crippen LogP contribution < -0.4 is 0 Å². The third-order valence-corrected chi connectivity index (χ3v) is 3.34. The monoisotopic (exact) mass is 227 g/mol. The standard InChI is InChI=1S/C11H17NO4/c1-11(2,5-6-13)12-9(14)7-3-4-8(16-7)10(12)15/h7-8,13H,3-6H2,1-2H3. The molecule has 2 fully saturated rings. The van der Waals surface area contributed by atoms with Crippen LogP contribution in [0.3, 0.4) is 0 Å². The summed E-state index contributed by atoms with van der Waals surface area (Å²) in [6, 6.07) is 0. The SMILES string of the molecule is CC(C)(CCO)N1C(=O)C2CCC(O2)C1=O. The lowest BCUT2D eigenvalue weighted by Crippen LogP contribution is -2.60. The smallest absolute Gasteiger partial charge is 0.258 e. The fraction of sp³-hybridized carbons (Fsp3) is 0.818. The summed E-state index contributed by atoms with van der Waals surface area (Å²) in [4.78, 5) is 25.3. The van der Waals surface area contributed by atoms with Crippen molar-refractivity contribution in [2.24, 2.45) is 0 Å². The molecule has 2 heterocycles. The third-order valence-electron chi connectivity index (χ3n) is 3.34. The van der Waals surface area contributed by atoms with Crippen molar-refractivity contribution < 1.29 is 19.4 Å². The molecule has 0 saturated carbocycles. The van der Waals surface area contributed by atoms with Crippen molar-refractivity contribution in [3.8, 4) is 0 Å². The first-order chi connectivity index (χ1) is 7.47. The topological polar surface area (TPSA) is 66.8 Å². The van der Waals surface area contributed by atoms with E-state index in [1.165, 1.54) is 4.90 Å². The van der Waals surface area contributed by atoms with Crippen LogP contribution in [0.15, 0.2) is 0 Å². The summed E-state index contributed by atoms with van der Waals surface area (Å²) < 4.78 is 5.32. The van der Waals surface area contributed by atoms with Crippen molar-refractivity contribution in [2.75, 3.05) is 6.61 Å². The van der Waals surface area contributed by atoms with Crippen LogP contribution in [-0.4, -0.2) is 46.2 Å². The summed E-state index contributed by atoms with van der Waals surface area (Å²) in [5, 5.41) is 8.97. The highest BCUT2D eigenvalue weighted by molar-refractivity contribution is 6.03. The molecule has 0 aromatic heterocycles. The molecule has 16 heavy (non-hydrogen) atoms. The highest BCUT2D eigenvalue weighted by Crippen LogP contribution is 2.33. The van der Waals surface area contributed by atoms with E-state index in [4.69, 9.17) is 9.84 Å². The van der Waals surface area contributed by atoms with Crippen LogP contribution >= 0.6 is 0 Å². The van der Waals surface area contributed by atoms with E-state index < -0.39 is 17.7 Å². The zero-order chi connectivity index (χ0) is 11.9. The lowest BCUT2D eigenvalue weighted by Gasteiger charge is -2.41. The minimum Gasteiger partial charge on any atom is -0.396 e. The normalized spacial score (nSPS) is 30.1. The molecule has 2 rings (SSSR count). The number of aliphatic hydroxyl groups excluding tert-OH is 1. The number of morpholine rings is 1. The number of carbonyl (C=O) groups excluding carboxylic acids is 2. The van der Waals surface area contributed by atoms with Gasteiger partial charge in [-0.15, -0.1) is 0 Å². The summed E-state index contributed by atoms with van der Waals surface area (Å²) in [5.74, 6) is -0.505. The molecule has 90 valence electrons. The minimum atomic E-state index is -0.631. The molecular weight excluding hydrogens is 210 g/mol. The van der Waals surface area contributed by atoms with Gasteiger partial charge in [0.1, 0.15) is 12.2 Å². The predicted octanol–water partition coefficient (Wildman–Crippen LogP) is 0.0638. The Bertz CT molecular complexity index is 304. The maximum absolute atomic E-state index is 12.0. The Hall–Kier alpha value is -0.940. The van der Waals surface area contributed by atoms with Crippen molar-refractivity contribution in [1.82, 2.24) is 4.90 Å². The molecule has 0 radical (unpaired) electrons. The van der Waals surface area contributed by atoms with Gasteiger partial charge in [0, 0.05) is 12.1 Å². The maximum atomic E-state index is 12.0. The Morgan fingerprint density at radius 3 is 2.25 bits per heavy atom. The number of fused-ring (bicyclic) bond motifs is 2. The lowest BCUT2D eigenvalue weighted by molar-refractivity contribution is -0.175. The van der Waals surface area contributed by atoms with E-state index in [1.54, 1.807) is 13.8 Å². The molecule has 2 unspecified atom stereocenters. The van der Waals surface area contributed by atoms with Gasteiger partial charge in [-0.1, -0.05) is 0 Å². The number of likely N-dealkylation sites (tertiary alicyclic amines) is 1. The number of amides is 2. The average Bonchev–Trinajstić information content (AvgIpc) is 2.60. The van der Waals surface area contributed by atoms with Crippen molar-refractivity contribution in [1.29, 1.82) is 0 Å². The Kier molecular flexibility index (Phi) is 2.75. The van der Waals surface area contributed by atoms with Crippen LogP contribution in [0.2, 0.25) is 0 Å². The summed E-state index contributed by atoms with van der Waals surface area (Å²) in [7, 11) is 0. The van der Waals surface area contributed by atoms with Crippen molar-refractivity contribution in [2.45, 2.75) is 50.9 Å². The van der Waals surface area contributed by atoms with Crippen LogP contribution in [0.1, 0.15) is 33.1 Å². The first-order valence-corrected chi connectivity index (χ1v) is 5.61. The Labute approximate surface area is 94.4 Å². The average molecular weight is 227 g/mol. The second-order valence-corrected chi connectivity index (χ2v) is 4.99. The van der Waals surface area contributed by atoms with Gasteiger partial charge in [-0.2, -0.15) is 0 Å². The molecule has 2 aliphatic heterocycles. The fourth-order valence-electron chi connectivity index (χ4n) is 2.38. The number of hydrogen-bond acceptors (Lipinski definition) is 4. The van der Waals surface area contributed by atoms with Gasteiger partial charge in [-0.3, -0.25) is 14.5 Å². The predicted molar refractivity (Wildman–Crippen MR) is 55.5 cm³/mol. The highest BCUT2D eigenvalue weighted by Gasteiger charge is 2.50. The Morgan fingerprint density at radius 1 is 1.31 bits per heavy atom. The summed E-state index contributed by atoms with van der Waals surface area (Å²) in [6.07, 6.45) is 0.729. The van der Waals surface area contributed by atoms with Gasteiger partial charge < -0.3 is 9.84 Å². The third kappa shape index (κ3) is 1.64. The van der Waals surface area contributed by atoms with Gasteiger partial charge in [0.05, 0.1) is 0 Å². The zero-order valence-electron chi connectivity index (χ0n) is 9.60. The minimum absolute atomic E-state index is 0.0414. The van der Waals surface area contributed by atoms with Crippen LogP contribution in [0.5, 0.6) is 0 Å². The second kappa shape index (κ2) is 3.82. The van der Waals surface area contributed by atoms with E-state index in [9.17, 15) is 9.59 Å². The molecule has 2 atom stereocenters. The van der Waals surface area contributed by atoms with Crippen LogP contribution in [0, 0.1) is 0 Å². The van der Waals surface area contributed by atoms with Crippen molar-refractivity contribution >= 4 is 11.8 Å². The van der Waals surface area contributed by atoms with E-state index >= 15 is 0 Å². The van der Waals surface area contributed by atoms with Gasteiger partial charge in [0.2, 0.25) is 0 Å². The zero-order valence-corrected chi connectivity index (χ0v) is 9.60. The summed E-state index contributed by atoms with van der Waals surface area (Å²) in [5.41, 5.74) is -0.631. The van der Waals surface area contributed by atoms with Gasteiger partial charge in [0.25, 0.3) is 11.8 Å². The van der Waals surface area contributed by atoms with E-state index in [2.05, 4.69) is 0 Å². The molecule has 0 aromatic carbocycles. The van der Waals surface area contributed by atoms with Crippen molar-refractivity contribution in [3.63, 3.8) is 0 Å². The molecule has 0 aliphatic carbocycles. The quantitative estimate of drug-likeness (QED) is 0.692. The molecule has 2 amide bonds. The molecule has 0 aromatic rings. The molecule has 2 bridgehead atoms. The van der Waals surface area contributed by atoms with E-state index in [1.807, 2.05) is 0 Å². The van der Waals surface area contributed by atoms with Crippen LogP contribution in [0.4, 0.5) is 0 Å². The number of nitrogens with zero attached hydrogens (tertiary/aromatic N) is 1. The highest BCUT2D eigenvalue weighted by atomic mass is 16.5. The number of carbonyl (C=O) groups is 2. The van der Waals surface area contributed by atoms with E-state index in [0.29, 0.717) is 19.3 Å². The largest absolute Gasteiger partial charge is 0.396 e. The van der Waals surface area contributed by atoms with Crippen molar-refractivity contribution in [3.05, 3.63) is 0 Å². The maximum Gasteiger partial charge on any atom is 0.258 e. The first-order valence-electron chi connectivity index (χ1n) is 5.61. The van der Waals surface area contributed by atoms with Gasteiger partial charge in [0.15, 0.2) is 0 Å². The van der Waals surface area contributed by atoms with Crippen LogP contribution in [0.25, 0.3) is 0 Å². The lowest BCUT2D eigenvalue weighted by atomic mass is 9.97. The molecule has 5 nitrogen and oxygen atoms in total. The number of rotatable bonds is 3. The summed E-state index contributed by atoms with van der Waals surface area (Å²) in [6.45, 7) is 3.55. The number of hydrogen-bond donors (Lipinski definition) is 1. The first kappa shape index (κ1) is 11.5. The Morgan fingerprint density at radius 2 is 1.81 bits per heavy atom. The molecule has 2 aliphatic rings.